The van der Waals surface area contributed by atoms with E-state index < -0.39 is 9.84 Å². The molecule has 7 heteroatoms. The van der Waals surface area contributed by atoms with Crippen molar-refractivity contribution in [2.75, 3.05) is 12.0 Å². The lowest BCUT2D eigenvalue weighted by atomic mass is 10.0. The molecule has 0 bridgehead atoms. The second-order valence-electron chi connectivity index (χ2n) is 6.62. The number of nitrogens with one attached hydrogen (secondary N) is 1. The molecule has 0 radical (unpaired) electrons. The molecule has 1 aromatic carbocycles. The van der Waals surface area contributed by atoms with Gasteiger partial charge in [-0.25, -0.2) is 13.4 Å². The van der Waals surface area contributed by atoms with Crippen molar-refractivity contribution in [3.05, 3.63) is 48.5 Å². The van der Waals surface area contributed by atoms with Crippen molar-refractivity contribution in [1.82, 2.24) is 14.9 Å². The Morgan fingerprint density at radius 1 is 1.33 bits per heavy atom. The van der Waals surface area contributed by atoms with E-state index in [1.54, 1.807) is 12.5 Å². The monoisotopic (exact) mass is 347 g/mol. The summed E-state index contributed by atoms with van der Waals surface area (Å²) in [5.41, 5.74) is 1.60. The van der Waals surface area contributed by atoms with Crippen LogP contribution in [0.15, 0.2) is 43.0 Å². The van der Waals surface area contributed by atoms with Crippen molar-refractivity contribution in [3.8, 4) is 5.69 Å². The zero-order chi connectivity index (χ0) is 17.2. The molecule has 1 aliphatic carbocycles. The number of benzene rings is 1. The first-order chi connectivity index (χ1) is 11.4. The smallest absolute Gasteiger partial charge is 0.220 e. The highest BCUT2D eigenvalue weighted by Crippen LogP contribution is 2.49. The van der Waals surface area contributed by atoms with Crippen LogP contribution in [0.2, 0.25) is 0 Å². The first-order valence-electron chi connectivity index (χ1n) is 7.88. The topological polar surface area (TPSA) is 81.1 Å². The summed E-state index contributed by atoms with van der Waals surface area (Å²) in [6.07, 6.45) is 8.38. The predicted octanol–water partition coefficient (Wildman–Crippen LogP) is 1.70. The van der Waals surface area contributed by atoms with E-state index in [2.05, 4.69) is 10.3 Å². The van der Waals surface area contributed by atoms with Crippen LogP contribution in [0.3, 0.4) is 0 Å². The second-order valence-corrected chi connectivity index (χ2v) is 8.76. The number of hydrogen-bond acceptors (Lipinski definition) is 4. The molecule has 1 saturated carbocycles. The molecule has 0 unspecified atom stereocenters. The third kappa shape index (κ3) is 4.23. The van der Waals surface area contributed by atoms with Gasteiger partial charge < -0.3 is 9.88 Å². The van der Waals surface area contributed by atoms with Crippen molar-refractivity contribution < 1.29 is 13.2 Å². The predicted molar refractivity (Wildman–Crippen MR) is 91.4 cm³/mol. The summed E-state index contributed by atoms with van der Waals surface area (Å²) in [6, 6.07) is 7.79. The van der Waals surface area contributed by atoms with E-state index in [0.717, 1.165) is 24.1 Å². The molecule has 1 aliphatic rings. The number of aromatic nitrogens is 2. The molecule has 128 valence electrons. The van der Waals surface area contributed by atoms with E-state index in [4.69, 9.17) is 0 Å². The highest BCUT2D eigenvalue weighted by molar-refractivity contribution is 7.90. The van der Waals surface area contributed by atoms with Gasteiger partial charge in [-0.2, -0.15) is 0 Å². The highest BCUT2D eigenvalue weighted by atomic mass is 32.2. The molecular weight excluding hydrogens is 326 g/mol. The maximum absolute atomic E-state index is 12.2. The molecule has 0 aliphatic heterocycles. The highest BCUT2D eigenvalue weighted by Gasteiger charge is 2.46. The van der Waals surface area contributed by atoms with E-state index in [0.29, 0.717) is 6.54 Å². The van der Waals surface area contributed by atoms with Crippen LogP contribution < -0.4 is 5.32 Å². The van der Waals surface area contributed by atoms with Crippen molar-refractivity contribution in [1.29, 1.82) is 0 Å². The number of amides is 1. The fourth-order valence-corrected chi connectivity index (χ4v) is 4.52. The molecule has 0 spiro atoms. The minimum absolute atomic E-state index is 0.0963. The summed E-state index contributed by atoms with van der Waals surface area (Å²) in [5.74, 6) is -0.00411. The molecule has 3 rings (SSSR count). The van der Waals surface area contributed by atoms with Gasteiger partial charge in [-0.05, 0) is 29.9 Å². The lowest BCUT2D eigenvalue weighted by Gasteiger charge is -2.15. The molecule has 24 heavy (non-hydrogen) atoms. The number of carbonyl (C=O) groups is 1. The zero-order valence-electron chi connectivity index (χ0n) is 13.6. The van der Waals surface area contributed by atoms with Crippen LogP contribution in [0.25, 0.3) is 5.69 Å². The number of imidazole rings is 1. The van der Waals surface area contributed by atoms with Crippen LogP contribution in [0.1, 0.15) is 24.8 Å². The first-order valence-corrected chi connectivity index (χ1v) is 9.94. The Labute approximate surface area is 141 Å². The normalized spacial score (nSPS) is 15.9. The Balaban J connectivity index is 1.62. The van der Waals surface area contributed by atoms with Crippen LogP contribution in [0.4, 0.5) is 0 Å². The third-order valence-electron chi connectivity index (χ3n) is 4.31. The van der Waals surface area contributed by atoms with E-state index in [-0.39, 0.29) is 23.5 Å². The average molecular weight is 347 g/mol. The Hall–Kier alpha value is -2.15. The van der Waals surface area contributed by atoms with Gasteiger partial charge in [0, 0.05) is 31.6 Å². The summed E-state index contributed by atoms with van der Waals surface area (Å²) in [4.78, 5) is 16.3. The Kier molecular flexibility index (Phi) is 4.45. The van der Waals surface area contributed by atoms with Crippen LogP contribution in [-0.4, -0.2) is 35.9 Å². The molecule has 1 fully saturated rings. The number of para-hydroxylation sites is 1. The van der Waals surface area contributed by atoms with E-state index in [1.165, 1.54) is 6.26 Å². The van der Waals surface area contributed by atoms with E-state index >= 15 is 0 Å². The lowest BCUT2D eigenvalue weighted by Crippen LogP contribution is -2.28. The average Bonchev–Trinajstić information content (AvgIpc) is 3.02. The second kappa shape index (κ2) is 6.39. The number of nitrogens with zero attached hydrogens (tertiary/aromatic N) is 2. The standard InChI is InChI=1S/C17H21N3O3S/c1-24(22,23)12-17(6-7-17)10-16(21)19-11-14-4-2-3-5-15(14)20-9-8-18-13-20/h2-5,8-9,13H,6-7,10-12H2,1H3,(H,19,21). The fourth-order valence-electron chi connectivity index (χ4n) is 3.02. The summed E-state index contributed by atoms with van der Waals surface area (Å²) in [6.45, 7) is 0.405. The summed E-state index contributed by atoms with van der Waals surface area (Å²) in [5, 5.41) is 2.92. The van der Waals surface area contributed by atoms with Crippen molar-refractivity contribution in [3.63, 3.8) is 0 Å². The quantitative estimate of drug-likeness (QED) is 0.827. The van der Waals surface area contributed by atoms with Gasteiger partial charge in [-0.1, -0.05) is 18.2 Å². The molecule has 6 nitrogen and oxygen atoms in total. The minimum atomic E-state index is -3.06. The van der Waals surface area contributed by atoms with Crippen LogP contribution in [0, 0.1) is 5.41 Å². The summed E-state index contributed by atoms with van der Waals surface area (Å²) in [7, 11) is -3.06. The Bertz CT molecular complexity index is 825. The largest absolute Gasteiger partial charge is 0.352 e. The maximum atomic E-state index is 12.2. The molecule has 1 heterocycles. The van der Waals surface area contributed by atoms with Crippen molar-refractivity contribution >= 4 is 15.7 Å². The summed E-state index contributed by atoms with van der Waals surface area (Å²) < 4.78 is 24.9. The molecule has 1 N–H and O–H groups in total. The van der Waals surface area contributed by atoms with Gasteiger partial charge in [0.25, 0.3) is 0 Å². The molecule has 2 aromatic rings. The first kappa shape index (κ1) is 16.7. The van der Waals surface area contributed by atoms with Crippen LogP contribution in [-0.2, 0) is 21.2 Å². The van der Waals surface area contributed by atoms with Crippen molar-refractivity contribution in [2.45, 2.75) is 25.8 Å². The van der Waals surface area contributed by atoms with E-state index in [9.17, 15) is 13.2 Å². The molecule has 0 atom stereocenters. The molecule has 1 aromatic heterocycles. The Morgan fingerprint density at radius 2 is 2.08 bits per heavy atom. The molecule has 0 saturated heterocycles. The molecule has 1 amide bonds. The van der Waals surface area contributed by atoms with Gasteiger partial charge in [-0.3, -0.25) is 4.79 Å². The van der Waals surface area contributed by atoms with Crippen molar-refractivity contribution in [2.24, 2.45) is 5.41 Å². The zero-order valence-corrected chi connectivity index (χ0v) is 14.4. The van der Waals surface area contributed by atoms with Gasteiger partial charge >= 0.3 is 0 Å². The molecular formula is C17H21N3O3S. The number of rotatable bonds is 7. The van der Waals surface area contributed by atoms with Gasteiger partial charge in [-0.15, -0.1) is 0 Å². The van der Waals surface area contributed by atoms with Crippen LogP contribution >= 0.6 is 0 Å². The number of carbonyl (C=O) groups excluding carboxylic acids is 1. The summed E-state index contributed by atoms with van der Waals surface area (Å²) >= 11 is 0. The maximum Gasteiger partial charge on any atom is 0.220 e. The van der Waals surface area contributed by atoms with E-state index in [1.807, 2.05) is 35.0 Å². The number of sulfone groups is 1. The minimum Gasteiger partial charge on any atom is -0.352 e. The SMILES string of the molecule is CS(=O)(=O)CC1(CC(=O)NCc2ccccc2-n2ccnc2)CC1. The third-order valence-corrected chi connectivity index (χ3v) is 5.45. The van der Waals surface area contributed by atoms with Gasteiger partial charge in [0.15, 0.2) is 0 Å². The van der Waals surface area contributed by atoms with Gasteiger partial charge in [0.05, 0.1) is 17.8 Å². The fraction of sp³-hybridized carbons (Fsp3) is 0.412. The lowest BCUT2D eigenvalue weighted by molar-refractivity contribution is -0.122. The van der Waals surface area contributed by atoms with Crippen LogP contribution in [0.5, 0.6) is 0 Å². The number of hydrogen-bond donors (Lipinski definition) is 1. The Morgan fingerprint density at radius 3 is 2.71 bits per heavy atom. The van der Waals surface area contributed by atoms with Gasteiger partial charge in [0.2, 0.25) is 5.91 Å². The van der Waals surface area contributed by atoms with Gasteiger partial charge in [0.1, 0.15) is 9.84 Å².